The van der Waals surface area contributed by atoms with E-state index < -0.39 is 0 Å². The lowest BCUT2D eigenvalue weighted by molar-refractivity contribution is 0.413. The molecule has 0 aliphatic heterocycles. The van der Waals surface area contributed by atoms with Gasteiger partial charge in [0.1, 0.15) is 5.75 Å². The van der Waals surface area contributed by atoms with E-state index in [9.17, 15) is 0 Å². The lowest BCUT2D eigenvalue weighted by Gasteiger charge is -2.28. The third-order valence-corrected chi connectivity index (χ3v) is 5.08. The molecule has 0 heterocycles. The molecule has 4 heteroatoms. The molecule has 0 bridgehead atoms. The second-order valence-corrected chi connectivity index (χ2v) is 7.05. The zero-order valence-electron chi connectivity index (χ0n) is 11.8. The molecule has 0 amide bonds. The van der Waals surface area contributed by atoms with E-state index in [1.54, 1.807) is 7.11 Å². The third kappa shape index (κ3) is 3.27. The summed E-state index contributed by atoms with van der Waals surface area (Å²) in [6.45, 7) is 0. The number of methoxy groups -OCH3 is 1. The number of rotatable bonds is 3. The number of aryl methyl sites for hydroxylation is 1. The Morgan fingerprint density at radius 3 is 2.76 bits per heavy atom. The number of nitrogens with one attached hydrogen (secondary N) is 1. The van der Waals surface area contributed by atoms with Crippen molar-refractivity contribution in [3.63, 3.8) is 0 Å². The highest BCUT2D eigenvalue weighted by molar-refractivity contribution is 9.11. The number of benzene rings is 2. The minimum absolute atomic E-state index is 0.335. The van der Waals surface area contributed by atoms with Gasteiger partial charge in [-0.1, -0.05) is 22.0 Å². The Bertz CT molecular complexity index is 657. The summed E-state index contributed by atoms with van der Waals surface area (Å²) >= 11 is 7.12. The maximum atomic E-state index is 5.38. The van der Waals surface area contributed by atoms with Crippen molar-refractivity contribution in [1.29, 1.82) is 0 Å². The predicted octanol–water partition coefficient (Wildman–Crippen LogP) is 5.71. The zero-order valence-corrected chi connectivity index (χ0v) is 15.0. The van der Waals surface area contributed by atoms with Crippen molar-refractivity contribution in [1.82, 2.24) is 0 Å². The first-order valence-electron chi connectivity index (χ1n) is 7.06. The van der Waals surface area contributed by atoms with E-state index in [0.717, 1.165) is 33.2 Å². The average molecular weight is 411 g/mol. The Balaban J connectivity index is 1.90. The summed E-state index contributed by atoms with van der Waals surface area (Å²) in [5, 5.41) is 3.66. The number of hydrogen-bond donors (Lipinski definition) is 1. The molecule has 1 unspecified atom stereocenters. The van der Waals surface area contributed by atoms with Gasteiger partial charge >= 0.3 is 0 Å². The summed E-state index contributed by atoms with van der Waals surface area (Å²) in [5.41, 5.74) is 3.90. The number of halogens is 2. The van der Waals surface area contributed by atoms with Crippen LogP contribution < -0.4 is 10.1 Å². The van der Waals surface area contributed by atoms with Crippen molar-refractivity contribution < 1.29 is 4.74 Å². The highest BCUT2D eigenvalue weighted by Gasteiger charge is 2.21. The summed E-state index contributed by atoms with van der Waals surface area (Å²) in [5.74, 6) is 0.928. The molecule has 1 atom stereocenters. The van der Waals surface area contributed by atoms with E-state index in [1.807, 2.05) is 0 Å². The van der Waals surface area contributed by atoms with Crippen LogP contribution >= 0.6 is 31.9 Å². The van der Waals surface area contributed by atoms with Gasteiger partial charge in [-0.2, -0.15) is 0 Å². The molecule has 2 nitrogen and oxygen atoms in total. The van der Waals surface area contributed by atoms with E-state index >= 15 is 0 Å². The van der Waals surface area contributed by atoms with Gasteiger partial charge in [0.2, 0.25) is 0 Å². The first-order chi connectivity index (χ1) is 10.2. The maximum Gasteiger partial charge on any atom is 0.119 e. The highest BCUT2D eigenvalue weighted by Crippen LogP contribution is 2.36. The lowest BCUT2D eigenvalue weighted by atomic mass is 9.87. The normalized spacial score (nSPS) is 17.2. The Kier molecular flexibility index (Phi) is 4.55. The molecule has 0 fully saturated rings. The van der Waals surface area contributed by atoms with Crippen LogP contribution in [0.4, 0.5) is 5.69 Å². The van der Waals surface area contributed by atoms with Crippen molar-refractivity contribution >= 4 is 37.5 Å². The zero-order chi connectivity index (χ0) is 14.8. The molecule has 1 aliphatic rings. The molecule has 1 aliphatic carbocycles. The molecule has 21 heavy (non-hydrogen) atoms. The number of anilines is 1. The van der Waals surface area contributed by atoms with Crippen molar-refractivity contribution in [3.8, 4) is 5.75 Å². The summed E-state index contributed by atoms with van der Waals surface area (Å²) in [7, 11) is 1.72. The Labute approximate surface area is 142 Å². The molecule has 0 radical (unpaired) electrons. The van der Waals surface area contributed by atoms with Crippen LogP contribution in [0.15, 0.2) is 45.3 Å². The summed E-state index contributed by atoms with van der Waals surface area (Å²) < 4.78 is 7.53. The third-order valence-electron chi connectivity index (χ3n) is 3.93. The number of hydrogen-bond acceptors (Lipinski definition) is 2. The van der Waals surface area contributed by atoms with Crippen LogP contribution in [0.25, 0.3) is 0 Å². The highest BCUT2D eigenvalue weighted by atomic mass is 79.9. The fourth-order valence-corrected chi connectivity index (χ4v) is 4.01. The van der Waals surface area contributed by atoms with E-state index in [-0.39, 0.29) is 0 Å². The van der Waals surface area contributed by atoms with Gasteiger partial charge in [0.25, 0.3) is 0 Å². The van der Waals surface area contributed by atoms with Gasteiger partial charge in [-0.25, -0.2) is 0 Å². The summed E-state index contributed by atoms with van der Waals surface area (Å²) in [6.07, 6.45) is 3.51. The van der Waals surface area contributed by atoms with Crippen LogP contribution in [0.2, 0.25) is 0 Å². The largest absolute Gasteiger partial charge is 0.497 e. The quantitative estimate of drug-likeness (QED) is 0.699. The van der Waals surface area contributed by atoms with Crippen LogP contribution in [0.3, 0.4) is 0 Å². The Morgan fingerprint density at radius 2 is 2.00 bits per heavy atom. The van der Waals surface area contributed by atoms with E-state index in [2.05, 4.69) is 73.6 Å². The average Bonchev–Trinajstić information content (AvgIpc) is 2.50. The maximum absolute atomic E-state index is 5.38. The Hall–Kier alpha value is -1.000. The van der Waals surface area contributed by atoms with Crippen molar-refractivity contribution in [3.05, 3.63) is 56.5 Å². The molecular formula is C17H17Br2NO. The van der Waals surface area contributed by atoms with Crippen molar-refractivity contribution in [2.45, 2.75) is 25.3 Å². The fourth-order valence-electron chi connectivity index (χ4n) is 2.85. The van der Waals surface area contributed by atoms with Gasteiger partial charge in [-0.05, 0) is 76.7 Å². The Morgan fingerprint density at radius 1 is 1.14 bits per heavy atom. The van der Waals surface area contributed by atoms with Crippen molar-refractivity contribution in [2.75, 3.05) is 12.4 Å². The molecule has 1 N–H and O–H groups in total. The van der Waals surface area contributed by atoms with E-state index in [0.29, 0.717) is 6.04 Å². The number of ether oxygens (including phenoxy) is 1. The van der Waals surface area contributed by atoms with Gasteiger partial charge in [0, 0.05) is 14.6 Å². The molecule has 0 saturated heterocycles. The van der Waals surface area contributed by atoms with Gasteiger partial charge in [-0.3, -0.25) is 0 Å². The second-order valence-electron chi connectivity index (χ2n) is 5.28. The summed E-state index contributed by atoms with van der Waals surface area (Å²) in [4.78, 5) is 0. The smallest absolute Gasteiger partial charge is 0.119 e. The van der Waals surface area contributed by atoms with E-state index in [1.165, 1.54) is 17.5 Å². The van der Waals surface area contributed by atoms with Crippen LogP contribution in [0, 0.1) is 0 Å². The predicted molar refractivity (Wildman–Crippen MR) is 94.1 cm³/mol. The minimum atomic E-state index is 0.335. The lowest BCUT2D eigenvalue weighted by Crippen LogP contribution is -2.17. The topological polar surface area (TPSA) is 21.3 Å². The first kappa shape index (κ1) is 14.9. The fraction of sp³-hybridized carbons (Fsp3) is 0.294. The van der Waals surface area contributed by atoms with Crippen LogP contribution in [-0.2, 0) is 6.42 Å². The molecule has 0 spiro atoms. The molecule has 0 aromatic heterocycles. The van der Waals surface area contributed by atoms with Gasteiger partial charge in [-0.15, -0.1) is 0 Å². The van der Waals surface area contributed by atoms with Gasteiger partial charge in [0.05, 0.1) is 13.2 Å². The molecule has 2 aromatic carbocycles. The number of fused-ring (bicyclic) bond motifs is 1. The van der Waals surface area contributed by atoms with Crippen LogP contribution in [0.5, 0.6) is 5.75 Å². The van der Waals surface area contributed by atoms with Gasteiger partial charge < -0.3 is 10.1 Å². The van der Waals surface area contributed by atoms with Crippen molar-refractivity contribution in [2.24, 2.45) is 0 Å². The minimum Gasteiger partial charge on any atom is -0.497 e. The van der Waals surface area contributed by atoms with Crippen LogP contribution in [-0.4, -0.2) is 7.11 Å². The first-order valence-corrected chi connectivity index (χ1v) is 8.64. The van der Waals surface area contributed by atoms with E-state index in [4.69, 9.17) is 4.74 Å². The molecule has 2 aromatic rings. The van der Waals surface area contributed by atoms with Crippen LogP contribution in [0.1, 0.15) is 30.0 Å². The monoisotopic (exact) mass is 409 g/mol. The molecule has 3 rings (SSSR count). The molecule has 110 valence electrons. The molecule has 0 saturated carbocycles. The van der Waals surface area contributed by atoms with Gasteiger partial charge in [0.15, 0.2) is 0 Å². The molecular weight excluding hydrogens is 394 g/mol. The second kappa shape index (κ2) is 6.41. The SMILES string of the molecule is COc1ccc2c(c1)C(Nc1ccc(Br)cc1Br)CCC2. The standard InChI is InChI=1S/C17H17Br2NO/c1-21-13-7-5-11-3-2-4-16(14(11)10-13)20-17-8-6-12(18)9-15(17)19/h5-10,16,20H,2-4H2,1H3. The summed E-state index contributed by atoms with van der Waals surface area (Å²) in [6, 6.07) is 13.0.